The van der Waals surface area contributed by atoms with Gasteiger partial charge in [-0.3, -0.25) is 4.79 Å². The van der Waals surface area contributed by atoms with E-state index in [9.17, 15) is 18.0 Å². The van der Waals surface area contributed by atoms with E-state index in [0.29, 0.717) is 16.9 Å². The van der Waals surface area contributed by atoms with E-state index in [-0.39, 0.29) is 29.4 Å². The van der Waals surface area contributed by atoms with E-state index in [4.69, 9.17) is 9.15 Å². The molecule has 0 saturated carbocycles. The minimum absolute atomic E-state index is 0.0313. The molecular formula is C18H20F3NO3S. The second-order valence-corrected chi connectivity index (χ2v) is 7.28. The second-order valence-electron chi connectivity index (χ2n) is 6.41. The Bertz CT molecular complexity index is 825. The summed E-state index contributed by atoms with van der Waals surface area (Å²) in [6.07, 6.45) is 3.79. The molecule has 2 aromatic rings. The summed E-state index contributed by atoms with van der Waals surface area (Å²) in [7, 11) is 0. The molecule has 2 unspecified atom stereocenters. The van der Waals surface area contributed by atoms with E-state index in [1.54, 1.807) is 6.07 Å². The summed E-state index contributed by atoms with van der Waals surface area (Å²) in [5, 5.41) is 0.657. The number of hydrogen-bond donors (Lipinski definition) is 0. The zero-order chi connectivity index (χ0) is 18.9. The first-order valence-corrected chi connectivity index (χ1v) is 9.55. The minimum Gasteiger partial charge on any atom is -0.440 e. The van der Waals surface area contributed by atoms with E-state index >= 15 is 0 Å². The Kier molecular flexibility index (Phi) is 5.53. The van der Waals surface area contributed by atoms with Crippen LogP contribution in [-0.4, -0.2) is 37.1 Å². The molecule has 1 aromatic carbocycles. The Morgan fingerprint density at radius 1 is 1.19 bits per heavy atom. The molecule has 26 heavy (non-hydrogen) atoms. The van der Waals surface area contributed by atoms with Crippen LogP contribution in [0.4, 0.5) is 19.1 Å². The van der Waals surface area contributed by atoms with Crippen LogP contribution in [0.3, 0.4) is 0 Å². The summed E-state index contributed by atoms with van der Waals surface area (Å²) in [5.74, 6) is 0.678. The van der Waals surface area contributed by atoms with Crippen molar-refractivity contribution in [2.75, 3.05) is 24.2 Å². The number of nitrogens with zero attached hydrogens (tertiary/aromatic N) is 1. The number of rotatable bonds is 1. The lowest BCUT2D eigenvalue weighted by molar-refractivity contribution is -0.0323. The van der Waals surface area contributed by atoms with Crippen molar-refractivity contribution in [3.63, 3.8) is 0 Å². The van der Waals surface area contributed by atoms with Crippen LogP contribution in [0.2, 0.25) is 0 Å². The second kappa shape index (κ2) is 7.52. The highest BCUT2D eigenvalue weighted by Crippen LogP contribution is 2.30. The zero-order valence-electron chi connectivity index (χ0n) is 14.5. The van der Waals surface area contributed by atoms with Crippen molar-refractivity contribution >= 4 is 28.6 Å². The number of ether oxygens (including phenoxy) is 1. The quantitative estimate of drug-likeness (QED) is 0.728. The fraction of sp³-hybridized carbons (Fsp3) is 0.500. The molecule has 2 fully saturated rings. The van der Waals surface area contributed by atoms with Crippen molar-refractivity contribution < 1.29 is 22.3 Å². The first-order chi connectivity index (χ1) is 12.3. The molecule has 8 heteroatoms. The molecule has 0 N–H and O–H groups in total. The summed E-state index contributed by atoms with van der Waals surface area (Å²) >= 11 is -0.118. The van der Waals surface area contributed by atoms with Gasteiger partial charge in [0.05, 0.1) is 17.6 Å². The fourth-order valence-electron chi connectivity index (χ4n) is 3.26. The first-order valence-electron chi connectivity index (χ1n) is 8.32. The Morgan fingerprint density at radius 3 is 2.38 bits per heavy atom. The highest BCUT2D eigenvalue weighted by atomic mass is 32.2. The Labute approximate surface area is 153 Å². The van der Waals surface area contributed by atoms with Crippen LogP contribution in [0.15, 0.2) is 33.5 Å². The smallest absolute Gasteiger partial charge is 0.440 e. The van der Waals surface area contributed by atoms with Gasteiger partial charge in [0.15, 0.2) is 11.3 Å². The van der Waals surface area contributed by atoms with Gasteiger partial charge in [0.2, 0.25) is 0 Å². The number of para-hydroxylation sites is 1. The molecule has 0 amide bonds. The van der Waals surface area contributed by atoms with Gasteiger partial charge in [-0.15, -0.1) is 0 Å². The summed E-state index contributed by atoms with van der Waals surface area (Å²) in [4.78, 5) is 14.4. The largest absolute Gasteiger partial charge is 0.441 e. The summed E-state index contributed by atoms with van der Waals surface area (Å²) in [6.45, 7) is 3.60. The van der Waals surface area contributed by atoms with Gasteiger partial charge in [-0.1, -0.05) is 23.9 Å². The van der Waals surface area contributed by atoms with Crippen LogP contribution < -0.4 is 10.3 Å². The lowest BCUT2D eigenvalue weighted by Gasteiger charge is -2.32. The van der Waals surface area contributed by atoms with Crippen molar-refractivity contribution in [1.29, 1.82) is 0 Å². The van der Waals surface area contributed by atoms with Crippen LogP contribution in [0, 0.1) is 6.92 Å². The number of alkyl halides is 3. The van der Waals surface area contributed by atoms with Gasteiger partial charge in [0, 0.05) is 19.2 Å². The molecule has 1 aromatic heterocycles. The predicted octanol–water partition coefficient (Wildman–Crippen LogP) is 4.34. The number of thioether (sulfide) groups is 1. The number of fused-ring (bicyclic) bond motifs is 3. The molecule has 0 aliphatic carbocycles. The maximum Gasteiger partial charge on any atom is 0.441 e. The standard InChI is InChI=1S/C16H17NO3.C2H3F3S/c1-10-3-2-4-13-14(18)7-15(20-16(10)13)17-8-11-5-6-12(9-17)19-11;1-6-2(3,4)5/h2-4,7,11-12H,5-6,8-9H2,1H3;1H3. The summed E-state index contributed by atoms with van der Waals surface area (Å²) in [5.41, 5.74) is -2.31. The Balaban J connectivity index is 0.000000286. The van der Waals surface area contributed by atoms with Gasteiger partial charge in [-0.25, -0.2) is 0 Å². The van der Waals surface area contributed by atoms with Crippen molar-refractivity contribution in [1.82, 2.24) is 0 Å². The molecule has 2 saturated heterocycles. The first kappa shape index (κ1) is 19.1. The predicted molar refractivity (Wildman–Crippen MR) is 96.9 cm³/mol. The number of hydrogen-bond acceptors (Lipinski definition) is 5. The highest BCUT2D eigenvalue weighted by Gasteiger charge is 2.34. The fourth-order valence-corrected chi connectivity index (χ4v) is 3.26. The summed E-state index contributed by atoms with van der Waals surface area (Å²) < 4.78 is 44.1. The maximum absolute atomic E-state index is 12.3. The van der Waals surface area contributed by atoms with Crippen molar-refractivity contribution in [2.24, 2.45) is 0 Å². The van der Waals surface area contributed by atoms with Gasteiger partial charge in [-0.2, -0.15) is 13.2 Å². The Morgan fingerprint density at radius 2 is 1.81 bits per heavy atom. The van der Waals surface area contributed by atoms with Crippen LogP contribution in [0.1, 0.15) is 18.4 Å². The topological polar surface area (TPSA) is 42.7 Å². The van der Waals surface area contributed by atoms with E-state index in [1.165, 1.54) is 0 Å². The number of benzene rings is 1. The van der Waals surface area contributed by atoms with Crippen LogP contribution in [0.5, 0.6) is 0 Å². The average molecular weight is 387 g/mol. The molecule has 0 radical (unpaired) electrons. The lowest BCUT2D eigenvalue weighted by Crippen LogP contribution is -2.42. The monoisotopic (exact) mass is 387 g/mol. The van der Waals surface area contributed by atoms with Gasteiger partial charge >= 0.3 is 5.51 Å². The van der Waals surface area contributed by atoms with Crippen LogP contribution >= 0.6 is 11.8 Å². The third kappa shape index (κ3) is 4.35. The van der Waals surface area contributed by atoms with Crippen LogP contribution in [-0.2, 0) is 4.74 Å². The molecule has 4 rings (SSSR count). The van der Waals surface area contributed by atoms with Crippen molar-refractivity contribution in [3.8, 4) is 0 Å². The third-order valence-corrected chi connectivity index (χ3v) is 4.99. The number of morpholine rings is 1. The van der Waals surface area contributed by atoms with E-state index in [1.807, 2.05) is 25.1 Å². The minimum atomic E-state index is -4.04. The van der Waals surface area contributed by atoms with Gasteiger partial charge < -0.3 is 14.1 Å². The summed E-state index contributed by atoms with van der Waals surface area (Å²) in [6, 6.07) is 7.30. The van der Waals surface area contributed by atoms with Gasteiger partial charge in [0.25, 0.3) is 0 Å². The number of aryl methyl sites for hydroxylation is 1. The van der Waals surface area contributed by atoms with Crippen molar-refractivity contribution in [2.45, 2.75) is 37.5 Å². The molecule has 3 heterocycles. The van der Waals surface area contributed by atoms with E-state index < -0.39 is 5.51 Å². The van der Waals surface area contributed by atoms with E-state index in [0.717, 1.165) is 37.8 Å². The molecule has 0 spiro atoms. The SMILES string of the molecule is CSC(F)(F)F.Cc1cccc2c(=O)cc(N3CC4CCC(C3)O4)oc12. The molecule has 2 aliphatic rings. The van der Waals surface area contributed by atoms with Crippen LogP contribution in [0.25, 0.3) is 11.0 Å². The van der Waals surface area contributed by atoms with Crippen molar-refractivity contribution in [3.05, 3.63) is 40.1 Å². The van der Waals surface area contributed by atoms with E-state index in [2.05, 4.69) is 4.90 Å². The normalized spacial score (nSPS) is 22.3. The average Bonchev–Trinajstić information content (AvgIpc) is 2.93. The molecule has 2 aliphatic heterocycles. The molecule has 2 atom stereocenters. The molecule has 2 bridgehead atoms. The number of halogens is 3. The van der Waals surface area contributed by atoms with Gasteiger partial charge in [0.1, 0.15) is 5.58 Å². The molecular weight excluding hydrogens is 367 g/mol. The number of anilines is 1. The molecule has 4 nitrogen and oxygen atoms in total. The zero-order valence-corrected chi connectivity index (χ0v) is 15.3. The van der Waals surface area contributed by atoms with Gasteiger partial charge in [-0.05, 0) is 37.7 Å². The lowest BCUT2D eigenvalue weighted by atomic mass is 10.1. The maximum atomic E-state index is 12.3. The Hall–Kier alpha value is -1.67. The molecule has 142 valence electrons. The highest BCUT2D eigenvalue weighted by molar-refractivity contribution is 7.99. The third-order valence-electron chi connectivity index (χ3n) is 4.53.